The summed E-state index contributed by atoms with van der Waals surface area (Å²) in [5.41, 5.74) is 6.86. The van der Waals surface area contributed by atoms with Crippen LogP contribution in [0.4, 0.5) is 11.9 Å². The quantitative estimate of drug-likeness (QED) is 0.908. The molecule has 2 N–H and O–H groups in total. The molecule has 0 atom stereocenters. The van der Waals surface area contributed by atoms with Crippen LogP contribution in [0.2, 0.25) is 5.02 Å². The molecule has 0 amide bonds. The van der Waals surface area contributed by atoms with Gasteiger partial charge in [0.1, 0.15) is 5.82 Å². The van der Waals surface area contributed by atoms with E-state index < -0.39 is 0 Å². The Morgan fingerprint density at radius 2 is 1.86 bits per heavy atom. The van der Waals surface area contributed by atoms with E-state index in [1.807, 2.05) is 45.4 Å². The first-order valence-electron chi connectivity index (χ1n) is 6.55. The molecular weight excluding hydrogens is 288 g/mol. The minimum absolute atomic E-state index is 0.236. The summed E-state index contributed by atoms with van der Waals surface area (Å²) in [6.45, 7) is 1.34. The SMILES string of the molecule is CN(Cc1cccc(Cl)c1)Cc1nc(N)nc(N(C)C)n1. The molecule has 0 saturated carbocycles. The Labute approximate surface area is 129 Å². The molecule has 0 aliphatic heterocycles. The molecule has 0 fully saturated rings. The lowest BCUT2D eigenvalue weighted by atomic mass is 10.2. The van der Waals surface area contributed by atoms with Crippen LogP contribution >= 0.6 is 11.6 Å². The van der Waals surface area contributed by atoms with Crippen LogP contribution in [0.15, 0.2) is 24.3 Å². The van der Waals surface area contributed by atoms with Gasteiger partial charge in [0.15, 0.2) is 0 Å². The smallest absolute Gasteiger partial charge is 0.229 e. The summed E-state index contributed by atoms with van der Waals surface area (Å²) in [7, 11) is 5.73. The summed E-state index contributed by atoms with van der Waals surface area (Å²) in [6, 6.07) is 7.79. The van der Waals surface area contributed by atoms with Crippen LogP contribution in [0, 0.1) is 0 Å². The van der Waals surface area contributed by atoms with Gasteiger partial charge in [0.2, 0.25) is 11.9 Å². The molecule has 0 spiro atoms. The van der Waals surface area contributed by atoms with E-state index >= 15 is 0 Å². The lowest BCUT2D eigenvalue weighted by molar-refractivity contribution is 0.310. The highest BCUT2D eigenvalue weighted by Gasteiger charge is 2.09. The van der Waals surface area contributed by atoms with E-state index in [0.29, 0.717) is 18.3 Å². The third kappa shape index (κ3) is 4.54. The number of nitrogens with zero attached hydrogens (tertiary/aromatic N) is 5. The molecule has 2 rings (SSSR count). The van der Waals surface area contributed by atoms with E-state index in [9.17, 15) is 0 Å². The summed E-state index contributed by atoms with van der Waals surface area (Å²) in [5.74, 6) is 1.45. The van der Waals surface area contributed by atoms with Gasteiger partial charge in [-0.15, -0.1) is 0 Å². The summed E-state index contributed by atoms with van der Waals surface area (Å²) in [5, 5.41) is 0.736. The molecule has 6 nitrogen and oxygen atoms in total. The van der Waals surface area contributed by atoms with Gasteiger partial charge in [-0.2, -0.15) is 15.0 Å². The molecule has 2 aromatic rings. The van der Waals surface area contributed by atoms with Crippen molar-refractivity contribution < 1.29 is 0 Å². The van der Waals surface area contributed by atoms with Crippen molar-refractivity contribution in [3.63, 3.8) is 0 Å². The number of hydrogen-bond donors (Lipinski definition) is 1. The van der Waals surface area contributed by atoms with Gasteiger partial charge < -0.3 is 10.6 Å². The van der Waals surface area contributed by atoms with E-state index in [4.69, 9.17) is 17.3 Å². The van der Waals surface area contributed by atoms with Crippen LogP contribution in [0.5, 0.6) is 0 Å². The molecule has 1 heterocycles. The van der Waals surface area contributed by atoms with E-state index in [0.717, 1.165) is 17.1 Å². The number of anilines is 2. The number of rotatable bonds is 5. The van der Waals surface area contributed by atoms with Crippen LogP contribution < -0.4 is 10.6 Å². The Morgan fingerprint density at radius 1 is 1.10 bits per heavy atom. The zero-order valence-electron chi connectivity index (χ0n) is 12.4. The van der Waals surface area contributed by atoms with Crippen molar-refractivity contribution in [3.05, 3.63) is 40.7 Å². The molecule has 1 aromatic carbocycles. The fourth-order valence-corrected chi connectivity index (χ4v) is 2.15. The lowest BCUT2D eigenvalue weighted by Gasteiger charge is -2.17. The predicted octanol–water partition coefficient (Wildman–Crippen LogP) is 1.81. The fourth-order valence-electron chi connectivity index (χ4n) is 1.94. The van der Waals surface area contributed by atoms with Gasteiger partial charge in [0, 0.05) is 25.7 Å². The van der Waals surface area contributed by atoms with E-state index in [1.54, 1.807) is 4.90 Å². The second-order valence-electron chi connectivity index (χ2n) is 5.11. The minimum Gasteiger partial charge on any atom is -0.368 e. The van der Waals surface area contributed by atoms with Gasteiger partial charge in [-0.1, -0.05) is 23.7 Å². The molecule has 112 valence electrons. The Morgan fingerprint density at radius 3 is 2.52 bits per heavy atom. The third-order valence-corrected chi connectivity index (χ3v) is 3.08. The largest absolute Gasteiger partial charge is 0.368 e. The highest BCUT2D eigenvalue weighted by molar-refractivity contribution is 6.30. The summed E-state index contributed by atoms with van der Waals surface area (Å²) < 4.78 is 0. The maximum Gasteiger partial charge on any atom is 0.229 e. The molecule has 0 unspecified atom stereocenters. The van der Waals surface area contributed by atoms with E-state index in [2.05, 4.69) is 19.9 Å². The fraction of sp³-hybridized carbons (Fsp3) is 0.357. The second-order valence-corrected chi connectivity index (χ2v) is 5.54. The molecule has 0 aliphatic rings. The number of benzene rings is 1. The van der Waals surface area contributed by atoms with Crippen molar-refractivity contribution in [1.82, 2.24) is 19.9 Å². The Kier molecular flexibility index (Phi) is 4.93. The zero-order chi connectivity index (χ0) is 15.4. The molecule has 21 heavy (non-hydrogen) atoms. The Balaban J connectivity index is 2.07. The molecule has 0 bridgehead atoms. The molecule has 0 radical (unpaired) electrons. The molecule has 1 aromatic heterocycles. The maximum absolute atomic E-state index is 5.99. The average Bonchev–Trinajstić information content (AvgIpc) is 2.37. The molecule has 0 aliphatic carbocycles. The standard InChI is InChI=1S/C14H19ClN6/c1-20(2)14-18-12(17-13(16)19-14)9-21(3)8-10-5-4-6-11(15)7-10/h4-7H,8-9H2,1-3H3,(H2,16,17,18,19). The van der Waals surface area contributed by atoms with E-state index in [-0.39, 0.29) is 5.95 Å². The number of nitrogen functional groups attached to an aromatic ring is 1. The number of aromatic nitrogens is 3. The van der Waals surface area contributed by atoms with Gasteiger partial charge in [0.05, 0.1) is 6.54 Å². The van der Waals surface area contributed by atoms with E-state index in [1.165, 1.54) is 0 Å². The first-order valence-corrected chi connectivity index (χ1v) is 6.92. The zero-order valence-corrected chi connectivity index (χ0v) is 13.2. The topological polar surface area (TPSA) is 71.2 Å². The number of hydrogen-bond acceptors (Lipinski definition) is 6. The average molecular weight is 307 g/mol. The van der Waals surface area contributed by atoms with Crippen LogP contribution in [0.25, 0.3) is 0 Å². The Hall–Kier alpha value is -1.92. The van der Waals surface area contributed by atoms with Gasteiger partial charge in [-0.3, -0.25) is 4.90 Å². The lowest BCUT2D eigenvalue weighted by Crippen LogP contribution is -2.22. The van der Waals surface area contributed by atoms with Crippen molar-refractivity contribution in [1.29, 1.82) is 0 Å². The summed E-state index contributed by atoms with van der Waals surface area (Å²) >= 11 is 5.99. The highest BCUT2D eigenvalue weighted by atomic mass is 35.5. The van der Waals surface area contributed by atoms with Gasteiger partial charge in [-0.25, -0.2) is 0 Å². The first-order chi connectivity index (χ1) is 9.94. The van der Waals surface area contributed by atoms with Crippen molar-refractivity contribution in [2.24, 2.45) is 0 Å². The number of halogens is 1. The molecular formula is C14H19ClN6. The minimum atomic E-state index is 0.236. The van der Waals surface area contributed by atoms with Gasteiger partial charge in [0.25, 0.3) is 0 Å². The van der Waals surface area contributed by atoms with Crippen molar-refractivity contribution in [3.8, 4) is 0 Å². The van der Waals surface area contributed by atoms with Crippen molar-refractivity contribution in [2.75, 3.05) is 31.8 Å². The van der Waals surface area contributed by atoms with Crippen molar-refractivity contribution in [2.45, 2.75) is 13.1 Å². The second kappa shape index (κ2) is 6.69. The summed E-state index contributed by atoms with van der Waals surface area (Å²) in [4.78, 5) is 16.5. The normalized spacial score (nSPS) is 10.9. The van der Waals surface area contributed by atoms with Crippen LogP contribution in [0.3, 0.4) is 0 Å². The van der Waals surface area contributed by atoms with Gasteiger partial charge >= 0.3 is 0 Å². The van der Waals surface area contributed by atoms with Crippen LogP contribution in [-0.4, -0.2) is 41.0 Å². The first kappa shape index (κ1) is 15.5. The highest BCUT2D eigenvalue weighted by Crippen LogP contribution is 2.13. The molecule has 0 saturated heterocycles. The maximum atomic E-state index is 5.99. The third-order valence-electron chi connectivity index (χ3n) is 2.84. The van der Waals surface area contributed by atoms with Crippen LogP contribution in [-0.2, 0) is 13.1 Å². The number of nitrogens with two attached hydrogens (primary N) is 1. The predicted molar refractivity (Wildman–Crippen MR) is 85.2 cm³/mol. The Bertz CT molecular complexity index is 616. The molecule has 7 heteroatoms. The monoisotopic (exact) mass is 306 g/mol. The van der Waals surface area contributed by atoms with Crippen LogP contribution in [0.1, 0.15) is 11.4 Å². The van der Waals surface area contributed by atoms with Crippen molar-refractivity contribution >= 4 is 23.5 Å². The summed E-state index contributed by atoms with van der Waals surface area (Å²) in [6.07, 6.45) is 0. The van der Waals surface area contributed by atoms with Gasteiger partial charge in [-0.05, 0) is 24.7 Å².